The quantitative estimate of drug-likeness (QED) is 0.857. The second-order valence-corrected chi connectivity index (χ2v) is 5.41. The number of hydrogen-bond donors (Lipinski definition) is 2. The highest BCUT2D eigenvalue weighted by molar-refractivity contribution is 5.87. The Bertz CT molecular complexity index is 489. The maximum absolute atomic E-state index is 11.9. The maximum Gasteiger partial charge on any atom is 0.335 e. The van der Waals surface area contributed by atoms with Gasteiger partial charge in [-0.3, -0.25) is 4.79 Å². The third-order valence-corrected chi connectivity index (χ3v) is 3.50. The molecule has 0 aliphatic carbocycles. The van der Waals surface area contributed by atoms with Crippen molar-refractivity contribution in [1.29, 1.82) is 0 Å². The lowest BCUT2D eigenvalue weighted by Gasteiger charge is -2.23. The Labute approximate surface area is 117 Å². The molecule has 1 amide bonds. The number of carbonyl (C=O) groups is 2. The minimum atomic E-state index is -0.941. The Morgan fingerprint density at radius 1 is 1.35 bits per heavy atom. The third-order valence-electron chi connectivity index (χ3n) is 3.50. The molecule has 1 aliphatic heterocycles. The van der Waals surface area contributed by atoms with Crippen molar-refractivity contribution in [3.63, 3.8) is 0 Å². The van der Waals surface area contributed by atoms with Gasteiger partial charge in [-0.15, -0.1) is 0 Å². The van der Waals surface area contributed by atoms with Crippen molar-refractivity contribution in [3.8, 4) is 0 Å². The predicted octanol–water partition coefficient (Wildman–Crippen LogP) is 1.61. The number of nitrogens with one attached hydrogen (secondary N) is 1. The fourth-order valence-corrected chi connectivity index (χ4v) is 2.24. The molecule has 0 saturated carbocycles. The molecule has 1 atom stereocenters. The highest BCUT2D eigenvalue weighted by Crippen LogP contribution is 2.17. The van der Waals surface area contributed by atoms with E-state index in [0.717, 1.165) is 12.0 Å². The first-order chi connectivity index (χ1) is 9.48. The van der Waals surface area contributed by atoms with E-state index in [2.05, 4.69) is 5.32 Å². The lowest BCUT2D eigenvalue weighted by atomic mass is 10.0. The zero-order valence-electron chi connectivity index (χ0n) is 11.5. The van der Waals surface area contributed by atoms with Crippen LogP contribution >= 0.6 is 0 Å². The zero-order chi connectivity index (χ0) is 14.6. The molecule has 1 aromatic rings. The van der Waals surface area contributed by atoms with Gasteiger partial charge in [0, 0.05) is 13.0 Å². The standard InChI is InChI=1S/C15H19NO4/c1-15(8-9-20-10-15)16-13(17)7-4-11-2-5-12(6-3-11)14(18)19/h2-3,5-6H,4,7-10H2,1H3,(H,16,17)(H,18,19)/t15-/m1/s1. The van der Waals surface area contributed by atoms with Crippen molar-refractivity contribution in [2.45, 2.75) is 31.7 Å². The monoisotopic (exact) mass is 277 g/mol. The molecule has 0 radical (unpaired) electrons. The van der Waals surface area contributed by atoms with Crippen LogP contribution in [-0.4, -0.2) is 35.7 Å². The average Bonchev–Trinajstić information content (AvgIpc) is 2.83. The van der Waals surface area contributed by atoms with Crippen LogP contribution in [0.1, 0.15) is 35.7 Å². The van der Waals surface area contributed by atoms with Crippen molar-refractivity contribution >= 4 is 11.9 Å². The SMILES string of the molecule is C[C@@]1(NC(=O)CCc2ccc(C(=O)O)cc2)CCOC1. The van der Waals surface area contributed by atoms with Crippen LogP contribution in [0.3, 0.4) is 0 Å². The largest absolute Gasteiger partial charge is 0.478 e. The highest BCUT2D eigenvalue weighted by Gasteiger charge is 2.30. The molecule has 20 heavy (non-hydrogen) atoms. The first-order valence-electron chi connectivity index (χ1n) is 6.69. The van der Waals surface area contributed by atoms with E-state index in [-0.39, 0.29) is 17.0 Å². The summed E-state index contributed by atoms with van der Waals surface area (Å²) in [5.74, 6) is -0.941. The number of ether oxygens (including phenoxy) is 1. The molecule has 1 fully saturated rings. The highest BCUT2D eigenvalue weighted by atomic mass is 16.5. The number of carboxylic acid groups (broad SMARTS) is 1. The third kappa shape index (κ3) is 3.81. The zero-order valence-corrected chi connectivity index (χ0v) is 11.5. The Hall–Kier alpha value is -1.88. The van der Waals surface area contributed by atoms with Crippen molar-refractivity contribution < 1.29 is 19.4 Å². The van der Waals surface area contributed by atoms with E-state index >= 15 is 0 Å². The van der Waals surface area contributed by atoms with E-state index in [9.17, 15) is 9.59 Å². The molecule has 1 aliphatic rings. The number of benzene rings is 1. The van der Waals surface area contributed by atoms with E-state index in [1.54, 1.807) is 24.3 Å². The summed E-state index contributed by atoms with van der Waals surface area (Å²) in [6.07, 6.45) is 1.83. The average molecular weight is 277 g/mol. The van der Waals surface area contributed by atoms with Crippen molar-refractivity contribution in [2.24, 2.45) is 0 Å². The van der Waals surface area contributed by atoms with Gasteiger partial charge in [-0.2, -0.15) is 0 Å². The molecule has 0 unspecified atom stereocenters. The molecule has 1 saturated heterocycles. The van der Waals surface area contributed by atoms with Crippen LogP contribution in [0.5, 0.6) is 0 Å². The summed E-state index contributed by atoms with van der Waals surface area (Å²) < 4.78 is 5.29. The van der Waals surface area contributed by atoms with Crippen LogP contribution in [0.4, 0.5) is 0 Å². The summed E-state index contributed by atoms with van der Waals surface area (Å²) in [5.41, 5.74) is 0.969. The van der Waals surface area contributed by atoms with Crippen LogP contribution in [0, 0.1) is 0 Å². The van der Waals surface area contributed by atoms with Gasteiger partial charge < -0.3 is 15.2 Å². The normalized spacial score (nSPS) is 21.6. The minimum absolute atomic E-state index is 0.000288. The first-order valence-corrected chi connectivity index (χ1v) is 6.69. The van der Waals surface area contributed by atoms with Crippen molar-refractivity contribution in [3.05, 3.63) is 35.4 Å². The van der Waals surface area contributed by atoms with E-state index in [4.69, 9.17) is 9.84 Å². The predicted molar refractivity (Wildman–Crippen MR) is 73.7 cm³/mol. The van der Waals surface area contributed by atoms with Gasteiger partial charge in [0.25, 0.3) is 0 Å². The van der Waals surface area contributed by atoms with Gasteiger partial charge in [0.05, 0.1) is 17.7 Å². The van der Waals surface area contributed by atoms with E-state index in [1.807, 2.05) is 6.92 Å². The summed E-state index contributed by atoms with van der Waals surface area (Å²) in [5, 5.41) is 11.8. The fourth-order valence-electron chi connectivity index (χ4n) is 2.24. The van der Waals surface area contributed by atoms with Gasteiger partial charge in [0.1, 0.15) is 0 Å². The Morgan fingerprint density at radius 3 is 2.60 bits per heavy atom. The molecule has 0 bridgehead atoms. The van der Waals surface area contributed by atoms with Gasteiger partial charge in [-0.05, 0) is 37.5 Å². The first kappa shape index (κ1) is 14.5. The van der Waals surface area contributed by atoms with Crippen molar-refractivity contribution in [2.75, 3.05) is 13.2 Å². The topological polar surface area (TPSA) is 75.6 Å². The van der Waals surface area contributed by atoms with Crippen LogP contribution in [-0.2, 0) is 16.0 Å². The van der Waals surface area contributed by atoms with E-state index in [1.165, 1.54) is 0 Å². The second-order valence-electron chi connectivity index (χ2n) is 5.41. The fraction of sp³-hybridized carbons (Fsp3) is 0.467. The van der Waals surface area contributed by atoms with Gasteiger partial charge in [0.15, 0.2) is 0 Å². The summed E-state index contributed by atoms with van der Waals surface area (Å²) in [6, 6.07) is 6.61. The number of aryl methyl sites for hydroxylation is 1. The number of amides is 1. The summed E-state index contributed by atoms with van der Waals surface area (Å²) in [7, 11) is 0. The lowest BCUT2D eigenvalue weighted by Crippen LogP contribution is -2.46. The molecular formula is C15H19NO4. The van der Waals surface area contributed by atoms with Crippen LogP contribution < -0.4 is 5.32 Å². The van der Waals surface area contributed by atoms with Crippen molar-refractivity contribution in [1.82, 2.24) is 5.32 Å². The lowest BCUT2D eigenvalue weighted by molar-refractivity contribution is -0.122. The molecule has 108 valence electrons. The Kier molecular flexibility index (Phi) is 4.39. The smallest absolute Gasteiger partial charge is 0.335 e. The molecule has 1 heterocycles. The molecule has 5 nitrogen and oxygen atoms in total. The number of carboxylic acids is 1. The Balaban J connectivity index is 1.82. The van der Waals surface area contributed by atoms with Gasteiger partial charge in [-0.1, -0.05) is 12.1 Å². The van der Waals surface area contributed by atoms with E-state index in [0.29, 0.717) is 26.1 Å². The summed E-state index contributed by atoms with van der Waals surface area (Å²) in [6.45, 7) is 3.24. The number of hydrogen-bond acceptors (Lipinski definition) is 3. The van der Waals surface area contributed by atoms with Gasteiger partial charge in [0.2, 0.25) is 5.91 Å². The van der Waals surface area contributed by atoms with Gasteiger partial charge >= 0.3 is 5.97 Å². The molecule has 0 spiro atoms. The molecule has 0 aromatic heterocycles. The second kappa shape index (κ2) is 6.05. The number of rotatable bonds is 5. The Morgan fingerprint density at radius 2 is 2.05 bits per heavy atom. The number of aromatic carboxylic acids is 1. The molecule has 5 heteroatoms. The molecule has 2 N–H and O–H groups in total. The van der Waals surface area contributed by atoms with E-state index < -0.39 is 5.97 Å². The summed E-state index contributed by atoms with van der Waals surface area (Å²) in [4.78, 5) is 22.6. The molecule has 2 rings (SSSR count). The molecule has 1 aromatic carbocycles. The van der Waals surface area contributed by atoms with Crippen LogP contribution in [0.15, 0.2) is 24.3 Å². The van der Waals surface area contributed by atoms with Crippen LogP contribution in [0.2, 0.25) is 0 Å². The summed E-state index contributed by atoms with van der Waals surface area (Å²) >= 11 is 0. The molecular weight excluding hydrogens is 258 g/mol. The van der Waals surface area contributed by atoms with Gasteiger partial charge in [-0.25, -0.2) is 4.79 Å². The number of carbonyl (C=O) groups excluding carboxylic acids is 1. The minimum Gasteiger partial charge on any atom is -0.478 e. The maximum atomic E-state index is 11.9. The van der Waals surface area contributed by atoms with Crippen LogP contribution in [0.25, 0.3) is 0 Å².